The maximum absolute atomic E-state index is 6.03. The fourth-order valence-corrected chi connectivity index (χ4v) is 2.02. The van der Waals surface area contributed by atoms with Gasteiger partial charge >= 0.3 is 0 Å². The van der Waals surface area contributed by atoms with Gasteiger partial charge in [-0.15, -0.1) is 0 Å². The maximum atomic E-state index is 6.03. The summed E-state index contributed by atoms with van der Waals surface area (Å²) in [5, 5.41) is 0. The Morgan fingerprint density at radius 3 is 2.65 bits per heavy atom. The first kappa shape index (κ1) is 12.6. The van der Waals surface area contributed by atoms with Crippen molar-refractivity contribution in [3.05, 3.63) is 36.0 Å². The highest BCUT2D eigenvalue weighted by molar-refractivity contribution is 5.33. The Labute approximate surface area is 103 Å². The minimum Gasteiger partial charge on any atom is -0.348 e. The second-order valence-corrected chi connectivity index (χ2v) is 5.13. The Balaban J connectivity index is 1.92. The molecule has 1 unspecified atom stereocenters. The largest absolute Gasteiger partial charge is 0.348 e. The lowest BCUT2D eigenvalue weighted by atomic mass is 10.0. The minimum absolute atomic E-state index is 0.345. The van der Waals surface area contributed by atoms with Crippen molar-refractivity contribution in [1.82, 2.24) is 0 Å². The molecule has 3 nitrogen and oxygen atoms in total. The summed E-state index contributed by atoms with van der Waals surface area (Å²) in [6.07, 6.45) is 12.1. The van der Waals surface area contributed by atoms with E-state index < -0.39 is 5.79 Å². The van der Waals surface area contributed by atoms with Crippen molar-refractivity contribution in [3.8, 4) is 0 Å². The van der Waals surface area contributed by atoms with Crippen LogP contribution in [0.15, 0.2) is 36.0 Å². The molecule has 1 atom stereocenters. The second kappa shape index (κ2) is 4.77. The molecule has 2 N–H and O–H groups in total. The summed E-state index contributed by atoms with van der Waals surface area (Å²) in [5.41, 5.74) is 6.94. The predicted octanol–water partition coefficient (Wildman–Crippen LogP) is 2.30. The Morgan fingerprint density at radius 2 is 1.94 bits per heavy atom. The van der Waals surface area contributed by atoms with Gasteiger partial charge in [0.15, 0.2) is 5.79 Å². The Morgan fingerprint density at radius 1 is 1.24 bits per heavy atom. The van der Waals surface area contributed by atoms with Crippen molar-refractivity contribution in [3.63, 3.8) is 0 Å². The third-order valence-electron chi connectivity index (χ3n) is 3.19. The van der Waals surface area contributed by atoms with E-state index in [2.05, 4.69) is 12.2 Å². The van der Waals surface area contributed by atoms with E-state index >= 15 is 0 Å². The highest BCUT2D eigenvalue weighted by Crippen LogP contribution is 2.27. The van der Waals surface area contributed by atoms with Crippen molar-refractivity contribution in [1.29, 1.82) is 0 Å². The molecule has 94 valence electrons. The molecular formula is C14H21NO2. The fraction of sp³-hybridized carbons (Fsp3) is 0.571. The molecule has 0 bridgehead atoms. The van der Waals surface area contributed by atoms with Crippen molar-refractivity contribution < 1.29 is 9.47 Å². The van der Waals surface area contributed by atoms with Gasteiger partial charge in [0.25, 0.3) is 0 Å². The van der Waals surface area contributed by atoms with Crippen LogP contribution in [0.3, 0.4) is 0 Å². The summed E-state index contributed by atoms with van der Waals surface area (Å²) in [7, 11) is 0. The van der Waals surface area contributed by atoms with Crippen LogP contribution in [0.5, 0.6) is 0 Å². The number of hydrogen-bond acceptors (Lipinski definition) is 3. The molecule has 1 saturated heterocycles. The standard InChI is InChI=1S/C14H21NO2/c1-13(15)7-3-4-12(5-8-13)6-9-14(2)16-10-11-17-14/h3-5,7-8H,6,9-11,15H2,1-2H3. The first-order valence-electron chi connectivity index (χ1n) is 6.14. The molecule has 0 saturated carbocycles. The van der Waals surface area contributed by atoms with Gasteiger partial charge in [0.2, 0.25) is 0 Å². The van der Waals surface area contributed by atoms with Crippen LogP contribution in [0, 0.1) is 0 Å². The molecule has 3 heteroatoms. The number of hydrogen-bond donors (Lipinski definition) is 1. The molecule has 1 heterocycles. The maximum Gasteiger partial charge on any atom is 0.166 e. The van der Waals surface area contributed by atoms with Crippen molar-refractivity contribution >= 4 is 0 Å². The molecule has 2 rings (SSSR count). The molecule has 1 aliphatic heterocycles. The van der Waals surface area contributed by atoms with E-state index in [1.165, 1.54) is 5.57 Å². The first-order chi connectivity index (χ1) is 7.99. The summed E-state index contributed by atoms with van der Waals surface area (Å²) in [5.74, 6) is -0.406. The number of rotatable bonds is 3. The zero-order valence-electron chi connectivity index (χ0n) is 10.6. The lowest BCUT2D eigenvalue weighted by Crippen LogP contribution is -2.30. The molecular weight excluding hydrogens is 214 g/mol. The van der Waals surface area contributed by atoms with E-state index in [0.717, 1.165) is 12.8 Å². The SMILES string of the molecule is CC1(N)C=CC=C(CCC2(C)OCCO2)C=C1. The summed E-state index contributed by atoms with van der Waals surface area (Å²) in [4.78, 5) is 0. The highest BCUT2D eigenvalue weighted by atomic mass is 16.7. The zero-order chi connectivity index (χ0) is 12.4. The average Bonchev–Trinajstić information content (AvgIpc) is 2.61. The summed E-state index contributed by atoms with van der Waals surface area (Å²) in [6.45, 7) is 5.39. The van der Waals surface area contributed by atoms with Gasteiger partial charge in [-0.3, -0.25) is 0 Å². The first-order valence-corrected chi connectivity index (χ1v) is 6.14. The topological polar surface area (TPSA) is 44.5 Å². The van der Waals surface area contributed by atoms with E-state index in [9.17, 15) is 0 Å². The smallest absolute Gasteiger partial charge is 0.166 e. The van der Waals surface area contributed by atoms with Crippen molar-refractivity contribution in [2.45, 2.75) is 38.0 Å². The van der Waals surface area contributed by atoms with Crippen LogP contribution in [0.25, 0.3) is 0 Å². The molecule has 0 aromatic carbocycles. The van der Waals surface area contributed by atoms with E-state index in [-0.39, 0.29) is 5.54 Å². The van der Waals surface area contributed by atoms with Gasteiger partial charge in [0.05, 0.1) is 18.8 Å². The van der Waals surface area contributed by atoms with Gasteiger partial charge in [-0.2, -0.15) is 0 Å². The van der Waals surface area contributed by atoms with Gasteiger partial charge in [0.1, 0.15) is 0 Å². The van der Waals surface area contributed by atoms with Crippen LogP contribution >= 0.6 is 0 Å². The Hall–Kier alpha value is -0.900. The minimum atomic E-state index is -0.406. The van der Waals surface area contributed by atoms with Gasteiger partial charge < -0.3 is 15.2 Å². The van der Waals surface area contributed by atoms with Crippen LogP contribution in [-0.2, 0) is 9.47 Å². The predicted molar refractivity (Wildman–Crippen MR) is 68.5 cm³/mol. The van der Waals surface area contributed by atoms with Gasteiger partial charge in [0, 0.05) is 6.42 Å². The Kier molecular flexibility index (Phi) is 3.52. The number of ether oxygens (including phenoxy) is 2. The summed E-state index contributed by atoms with van der Waals surface area (Å²) >= 11 is 0. The van der Waals surface area contributed by atoms with Crippen molar-refractivity contribution in [2.24, 2.45) is 5.73 Å². The number of nitrogens with two attached hydrogens (primary N) is 1. The zero-order valence-corrected chi connectivity index (χ0v) is 10.6. The van der Waals surface area contributed by atoms with Crippen LogP contribution in [0.1, 0.15) is 26.7 Å². The second-order valence-electron chi connectivity index (χ2n) is 5.13. The van der Waals surface area contributed by atoms with E-state index in [4.69, 9.17) is 15.2 Å². The van der Waals surface area contributed by atoms with E-state index in [1.54, 1.807) is 0 Å². The van der Waals surface area contributed by atoms with Crippen LogP contribution in [-0.4, -0.2) is 24.5 Å². The fourth-order valence-electron chi connectivity index (χ4n) is 2.02. The van der Waals surface area contributed by atoms with E-state index in [1.807, 2.05) is 32.1 Å². The molecule has 1 aliphatic carbocycles. The monoisotopic (exact) mass is 235 g/mol. The van der Waals surface area contributed by atoms with Gasteiger partial charge in [-0.1, -0.05) is 30.4 Å². The van der Waals surface area contributed by atoms with Crippen LogP contribution in [0.2, 0.25) is 0 Å². The summed E-state index contributed by atoms with van der Waals surface area (Å²) < 4.78 is 11.2. The third kappa shape index (κ3) is 3.53. The number of allylic oxidation sites excluding steroid dienone is 4. The molecule has 0 spiro atoms. The lowest BCUT2D eigenvalue weighted by molar-refractivity contribution is -0.146. The Bertz CT molecular complexity index is 360. The normalized spacial score (nSPS) is 31.4. The van der Waals surface area contributed by atoms with Crippen LogP contribution < -0.4 is 5.73 Å². The molecule has 0 radical (unpaired) electrons. The van der Waals surface area contributed by atoms with Gasteiger partial charge in [-0.25, -0.2) is 0 Å². The van der Waals surface area contributed by atoms with Gasteiger partial charge in [-0.05, 0) is 25.8 Å². The lowest BCUT2D eigenvalue weighted by Gasteiger charge is -2.22. The molecule has 0 aromatic rings. The van der Waals surface area contributed by atoms with Crippen molar-refractivity contribution in [2.75, 3.05) is 13.2 Å². The molecule has 17 heavy (non-hydrogen) atoms. The highest BCUT2D eigenvalue weighted by Gasteiger charge is 2.30. The average molecular weight is 235 g/mol. The van der Waals surface area contributed by atoms with Crippen LogP contribution in [0.4, 0.5) is 0 Å². The quantitative estimate of drug-likeness (QED) is 0.816. The molecule has 1 fully saturated rings. The summed E-state index contributed by atoms with van der Waals surface area (Å²) in [6, 6.07) is 0. The molecule has 0 aromatic heterocycles. The third-order valence-corrected chi connectivity index (χ3v) is 3.19. The molecule has 2 aliphatic rings. The van der Waals surface area contributed by atoms with E-state index in [0.29, 0.717) is 13.2 Å². The molecule has 0 amide bonds.